The molecule has 0 aliphatic carbocycles. The highest BCUT2D eigenvalue weighted by atomic mass is 14.9. The van der Waals surface area contributed by atoms with Gasteiger partial charge in [0.1, 0.15) is 0 Å². The van der Waals surface area contributed by atoms with Gasteiger partial charge in [0.2, 0.25) is 0 Å². The van der Waals surface area contributed by atoms with Gasteiger partial charge in [-0.15, -0.1) is 6.58 Å². The molecule has 9 heavy (non-hydrogen) atoms. The predicted octanol–water partition coefficient (Wildman–Crippen LogP) is 1.95. The monoisotopic (exact) mass is 127 g/mol. The first-order valence-electron chi connectivity index (χ1n) is 3.54. The van der Waals surface area contributed by atoms with Crippen molar-refractivity contribution in [3.8, 4) is 0 Å². The molecule has 1 unspecified atom stereocenters. The standard InChI is InChI=1S/C8H17N/c1-5-9-8(4)6-7(2)3/h8-9H,2,5-6H2,1,3-4H3. The third-order valence-electron chi connectivity index (χ3n) is 1.21. The lowest BCUT2D eigenvalue weighted by Crippen LogP contribution is -2.25. The molecule has 0 saturated heterocycles. The van der Waals surface area contributed by atoms with E-state index in [1.807, 2.05) is 0 Å². The molecule has 1 atom stereocenters. The van der Waals surface area contributed by atoms with Crippen LogP contribution in [0.3, 0.4) is 0 Å². The number of rotatable bonds is 4. The zero-order valence-electron chi connectivity index (χ0n) is 6.70. The fraction of sp³-hybridized carbons (Fsp3) is 0.750. The minimum atomic E-state index is 0.590. The van der Waals surface area contributed by atoms with E-state index in [0.717, 1.165) is 13.0 Å². The van der Waals surface area contributed by atoms with Crippen LogP contribution in [0, 0.1) is 0 Å². The van der Waals surface area contributed by atoms with E-state index in [-0.39, 0.29) is 0 Å². The Labute approximate surface area is 58.2 Å². The molecule has 1 nitrogen and oxygen atoms in total. The minimum Gasteiger partial charge on any atom is -0.314 e. The van der Waals surface area contributed by atoms with Gasteiger partial charge < -0.3 is 5.32 Å². The lowest BCUT2D eigenvalue weighted by atomic mass is 10.1. The second kappa shape index (κ2) is 4.57. The average molecular weight is 127 g/mol. The Balaban J connectivity index is 3.26. The molecule has 0 aromatic rings. The molecule has 54 valence electrons. The summed E-state index contributed by atoms with van der Waals surface area (Å²) >= 11 is 0. The third-order valence-corrected chi connectivity index (χ3v) is 1.21. The van der Waals surface area contributed by atoms with Crippen LogP contribution in [0.5, 0.6) is 0 Å². The lowest BCUT2D eigenvalue weighted by molar-refractivity contribution is 0.564. The Bertz CT molecular complexity index is 86.6. The lowest BCUT2D eigenvalue weighted by Gasteiger charge is -2.10. The van der Waals surface area contributed by atoms with Crippen molar-refractivity contribution in [2.45, 2.75) is 33.2 Å². The van der Waals surface area contributed by atoms with Crippen LogP contribution in [-0.4, -0.2) is 12.6 Å². The average Bonchev–Trinajstić information content (AvgIpc) is 1.63. The zero-order chi connectivity index (χ0) is 7.28. The molecule has 0 fully saturated rings. The van der Waals surface area contributed by atoms with Crippen molar-refractivity contribution in [3.05, 3.63) is 12.2 Å². The van der Waals surface area contributed by atoms with Crippen LogP contribution in [0.4, 0.5) is 0 Å². The molecular formula is C8H17N. The summed E-state index contributed by atoms with van der Waals surface area (Å²) < 4.78 is 0. The summed E-state index contributed by atoms with van der Waals surface area (Å²) in [5.41, 5.74) is 1.25. The summed E-state index contributed by atoms with van der Waals surface area (Å²) in [6, 6.07) is 0.590. The number of hydrogen-bond acceptors (Lipinski definition) is 1. The molecular weight excluding hydrogens is 110 g/mol. The summed E-state index contributed by atoms with van der Waals surface area (Å²) in [7, 11) is 0. The van der Waals surface area contributed by atoms with Crippen LogP contribution in [0.15, 0.2) is 12.2 Å². The summed E-state index contributed by atoms with van der Waals surface area (Å²) in [6.45, 7) is 11.2. The van der Waals surface area contributed by atoms with Crippen LogP contribution >= 0.6 is 0 Å². The molecule has 0 aromatic carbocycles. The highest BCUT2D eigenvalue weighted by molar-refractivity contribution is 4.91. The number of hydrogen-bond donors (Lipinski definition) is 1. The van der Waals surface area contributed by atoms with Gasteiger partial charge in [0.05, 0.1) is 0 Å². The fourth-order valence-electron chi connectivity index (χ4n) is 0.943. The summed E-state index contributed by atoms with van der Waals surface area (Å²) in [5.74, 6) is 0. The van der Waals surface area contributed by atoms with Gasteiger partial charge in [-0.2, -0.15) is 0 Å². The van der Waals surface area contributed by atoms with Gasteiger partial charge >= 0.3 is 0 Å². The quantitative estimate of drug-likeness (QED) is 0.569. The van der Waals surface area contributed by atoms with Gasteiger partial charge in [-0.3, -0.25) is 0 Å². The van der Waals surface area contributed by atoms with E-state index < -0.39 is 0 Å². The van der Waals surface area contributed by atoms with Gasteiger partial charge in [-0.25, -0.2) is 0 Å². The zero-order valence-corrected chi connectivity index (χ0v) is 6.70. The largest absolute Gasteiger partial charge is 0.314 e. The molecule has 0 aliphatic heterocycles. The topological polar surface area (TPSA) is 12.0 Å². The molecule has 0 saturated carbocycles. The van der Waals surface area contributed by atoms with Crippen LogP contribution in [0.1, 0.15) is 27.2 Å². The molecule has 0 aliphatic rings. The SMILES string of the molecule is C=C(C)CC(C)NCC. The van der Waals surface area contributed by atoms with Crippen molar-refractivity contribution in [1.29, 1.82) is 0 Å². The highest BCUT2D eigenvalue weighted by Gasteiger charge is 1.96. The van der Waals surface area contributed by atoms with Crippen molar-refractivity contribution in [1.82, 2.24) is 5.32 Å². The minimum absolute atomic E-state index is 0.590. The van der Waals surface area contributed by atoms with Crippen LogP contribution in [0.25, 0.3) is 0 Å². The normalized spacial score (nSPS) is 13.2. The second-order valence-electron chi connectivity index (χ2n) is 2.62. The molecule has 1 N–H and O–H groups in total. The van der Waals surface area contributed by atoms with Crippen molar-refractivity contribution < 1.29 is 0 Å². The Morgan fingerprint density at radius 1 is 1.67 bits per heavy atom. The molecule has 0 bridgehead atoms. The van der Waals surface area contributed by atoms with Gasteiger partial charge in [0, 0.05) is 6.04 Å². The Morgan fingerprint density at radius 2 is 2.22 bits per heavy atom. The van der Waals surface area contributed by atoms with Gasteiger partial charge in [0.15, 0.2) is 0 Å². The van der Waals surface area contributed by atoms with Gasteiger partial charge in [-0.1, -0.05) is 12.5 Å². The summed E-state index contributed by atoms with van der Waals surface area (Å²) in [4.78, 5) is 0. The molecule has 0 heterocycles. The Kier molecular flexibility index (Phi) is 4.41. The molecule has 0 spiro atoms. The van der Waals surface area contributed by atoms with E-state index in [9.17, 15) is 0 Å². The fourth-order valence-corrected chi connectivity index (χ4v) is 0.943. The first-order valence-corrected chi connectivity index (χ1v) is 3.54. The van der Waals surface area contributed by atoms with E-state index in [2.05, 4.69) is 32.7 Å². The Morgan fingerprint density at radius 3 is 2.56 bits per heavy atom. The maximum atomic E-state index is 3.84. The molecule has 0 amide bonds. The van der Waals surface area contributed by atoms with E-state index >= 15 is 0 Å². The van der Waals surface area contributed by atoms with Gasteiger partial charge in [-0.05, 0) is 26.8 Å². The predicted molar refractivity (Wildman–Crippen MR) is 42.6 cm³/mol. The van der Waals surface area contributed by atoms with Crippen molar-refractivity contribution in [2.24, 2.45) is 0 Å². The van der Waals surface area contributed by atoms with Crippen LogP contribution in [-0.2, 0) is 0 Å². The van der Waals surface area contributed by atoms with Crippen LogP contribution < -0.4 is 5.32 Å². The van der Waals surface area contributed by atoms with E-state index in [4.69, 9.17) is 0 Å². The molecule has 0 rings (SSSR count). The Hall–Kier alpha value is -0.300. The third kappa shape index (κ3) is 5.57. The highest BCUT2D eigenvalue weighted by Crippen LogP contribution is 1.99. The van der Waals surface area contributed by atoms with E-state index in [1.54, 1.807) is 0 Å². The number of nitrogens with one attached hydrogen (secondary N) is 1. The molecule has 1 heteroatoms. The maximum absolute atomic E-state index is 3.84. The van der Waals surface area contributed by atoms with Crippen molar-refractivity contribution >= 4 is 0 Å². The molecule has 0 radical (unpaired) electrons. The maximum Gasteiger partial charge on any atom is 0.00755 e. The molecule has 0 aromatic heterocycles. The smallest absolute Gasteiger partial charge is 0.00755 e. The van der Waals surface area contributed by atoms with Crippen molar-refractivity contribution in [3.63, 3.8) is 0 Å². The first kappa shape index (κ1) is 8.70. The van der Waals surface area contributed by atoms with Crippen molar-refractivity contribution in [2.75, 3.05) is 6.54 Å². The summed E-state index contributed by atoms with van der Waals surface area (Å²) in [6.07, 6.45) is 1.09. The summed E-state index contributed by atoms with van der Waals surface area (Å²) in [5, 5.41) is 3.32. The van der Waals surface area contributed by atoms with Gasteiger partial charge in [0.25, 0.3) is 0 Å². The van der Waals surface area contributed by atoms with E-state index in [1.165, 1.54) is 5.57 Å². The first-order chi connectivity index (χ1) is 4.16. The van der Waals surface area contributed by atoms with Crippen LogP contribution in [0.2, 0.25) is 0 Å². The van der Waals surface area contributed by atoms with E-state index in [0.29, 0.717) is 6.04 Å². The second-order valence-corrected chi connectivity index (χ2v) is 2.62.